The highest BCUT2D eigenvalue weighted by Crippen LogP contribution is 2.50. The van der Waals surface area contributed by atoms with Gasteiger partial charge in [0, 0.05) is 23.2 Å². The summed E-state index contributed by atoms with van der Waals surface area (Å²) in [6.07, 6.45) is 2.20. The summed E-state index contributed by atoms with van der Waals surface area (Å²) in [5, 5.41) is 26.4. The lowest BCUT2D eigenvalue weighted by atomic mass is 9.90. The minimum absolute atomic E-state index is 0.0752. The number of amides is 1. The summed E-state index contributed by atoms with van der Waals surface area (Å²) < 4.78 is 18.8. The summed E-state index contributed by atoms with van der Waals surface area (Å²) >= 11 is 0. The van der Waals surface area contributed by atoms with Gasteiger partial charge in [0.1, 0.15) is 11.8 Å². The van der Waals surface area contributed by atoms with E-state index in [1.807, 2.05) is 13.1 Å². The third-order valence-electron chi connectivity index (χ3n) is 6.81. The van der Waals surface area contributed by atoms with Crippen molar-refractivity contribution in [2.45, 2.75) is 12.5 Å². The fourth-order valence-corrected chi connectivity index (χ4v) is 4.88. The van der Waals surface area contributed by atoms with E-state index in [0.29, 0.717) is 39.9 Å². The monoisotopic (exact) mass is 527 g/mol. The second kappa shape index (κ2) is 10.1. The molecule has 6 rings (SSSR count). The van der Waals surface area contributed by atoms with Gasteiger partial charge in [-0.15, -0.1) is 5.10 Å². The number of rotatable bonds is 6. The molecule has 0 spiro atoms. The van der Waals surface area contributed by atoms with Crippen LogP contribution in [-0.4, -0.2) is 69.8 Å². The highest BCUT2D eigenvalue weighted by molar-refractivity contribution is 5.95. The van der Waals surface area contributed by atoms with Crippen LogP contribution in [0.3, 0.4) is 0 Å². The molecule has 12 nitrogen and oxygen atoms in total. The van der Waals surface area contributed by atoms with Gasteiger partial charge in [0.25, 0.3) is 5.91 Å². The van der Waals surface area contributed by atoms with Gasteiger partial charge < -0.3 is 19.3 Å². The summed E-state index contributed by atoms with van der Waals surface area (Å²) in [4.78, 5) is 14.8. The van der Waals surface area contributed by atoms with E-state index < -0.39 is 5.91 Å². The first kappa shape index (κ1) is 24.4. The van der Waals surface area contributed by atoms with E-state index in [0.717, 1.165) is 24.1 Å². The van der Waals surface area contributed by atoms with Crippen molar-refractivity contribution < 1.29 is 24.1 Å². The molecule has 0 bridgehead atoms. The number of para-hydroxylation sites is 1. The van der Waals surface area contributed by atoms with Crippen LogP contribution in [0.5, 0.6) is 23.0 Å². The first-order valence-corrected chi connectivity index (χ1v) is 12.2. The van der Waals surface area contributed by atoms with Crippen LogP contribution in [0.25, 0.3) is 5.69 Å². The van der Waals surface area contributed by atoms with Gasteiger partial charge >= 0.3 is 0 Å². The molecule has 198 valence electrons. The lowest BCUT2D eigenvalue weighted by Gasteiger charge is -2.34. The molecule has 0 radical (unpaired) electrons. The zero-order valence-electron chi connectivity index (χ0n) is 21.2. The number of fused-ring (bicyclic) bond motifs is 2. The lowest BCUT2D eigenvalue weighted by Crippen LogP contribution is -2.35. The number of benzene rings is 3. The first-order chi connectivity index (χ1) is 19.0. The van der Waals surface area contributed by atoms with Crippen molar-refractivity contribution in [1.29, 1.82) is 0 Å². The van der Waals surface area contributed by atoms with Crippen LogP contribution >= 0.6 is 0 Å². The SMILES string of the molecule is COc1c2c(cc3c1[C@H](c1nnnn1-c1ccc(C(=O)N/N=C\c4ccccc4O)cc1)N(C)CC3)OCO2. The van der Waals surface area contributed by atoms with E-state index >= 15 is 0 Å². The Bertz CT molecular complexity index is 1570. The van der Waals surface area contributed by atoms with Crippen LogP contribution in [0.1, 0.15) is 38.9 Å². The van der Waals surface area contributed by atoms with E-state index in [1.54, 1.807) is 60.3 Å². The van der Waals surface area contributed by atoms with Gasteiger partial charge in [-0.2, -0.15) is 9.78 Å². The number of aromatic hydroxyl groups is 1. The van der Waals surface area contributed by atoms with Crippen molar-refractivity contribution in [3.05, 3.63) is 82.7 Å². The van der Waals surface area contributed by atoms with Gasteiger partial charge in [-0.1, -0.05) is 12.1 Å². The maximum Gasteiger partial charge on any atom is 0.271 e. The number of hydrazone groups is 1. The fraction of sp³-hybridized carbons (Fsp3) is 0.222. The van der Waals surface area contributed by atoms with E-state index in [4.69, 9.17) is 14.2 Å². The van der Waals surface area contributed by atoms with E-state index in [1.165, 1.54) is 6.21 Å². The number of methoxy groups -OCH3 is 1. The average Bonchev–Trinajstić information content (AvgIpc) is 3.63. The average molecular weight is 528 g/mol. The molecule has 2 aliphatic heterocycles. The molecule has 1 aromatic heterocycles. The maximum atomic E-state index is 12.6. The third kappa shape index (κ3) is 4.40. The Labute approximate surface area is 223 Å². The highest BCUT2D eigenvalue weighted by atomic mass is 16.7. The Morgan fingerprint density at radius 1 is 1.21 bits per heavy atom. The molecule has 0 saturated carbocycles. The van der Waals surface area contributed by atoms with E-state index in [9.17, 15) is 9.90 Å². The third-order valence-corrected chi connectivity index (χ3v) is 6.81. The van der Waals surface area contributed by atoms with Crippen molar-refractivity contribution in [3.63, 3.8) is 0 Å². The summed E-state index contributed by atoms with van der Waals surface area (Å²) in [7, 11) is 3.63. The smallest absolute Gasteiger partial charge is 0.271 e. The standard InChI is InChI=1S/C27H25N7O5/c1-33-12-11-17-13-21-24(39-15-38-21)25(37-2)22(17)23(33)26-29-31-32-34(26)19-9-7-16(8-10-19)27(36)30-28-14-18-5-3-4-6-20(18)35/h3-10,13-14,23,35H,11-12,15H2,1-2H3,(H,30,36)/b28-14-/t23-/m1/s1. The normalized spacial score (nSPS) is 16.3. The summed E-state index contributed by atoms with van der Waals surface area (Å²) in [5.74, 6) is 2.14. The number of carbonyl (C=O) groups is 1. The Morgan fingerprint density at radius 2 is 2.03 bits per heavy atom. The second-order valence-electron chi connectivity index (χ2n) is 9.10. The minimum atomic E-state index is -0.396. The predicted molar refractivity (Wildman–Crippen MR) is 140 cm³/mol. The Balaban J connectivity index is 1.27. The number of ether oxygens (including phenoxy) is 3. The van der Waals surface area contributed by atoms with Crippen LogP contribution in [0.15, 0.2) is 59.7 Å². The number of hydrogen-bond donors (Lipinski definition) is 2. The molecular weight excluding hydrogens is 502 g/mol. The number of nitrogens with zero attached hydrogens (tertiary/aromatic N) is 6. The van der Waals surface area contributed by atoms with E-state index in [2.05, 4.69) is 31.0 Å². The number of carbonyl (C=O) groups excluding carboxylic acids is 1. The number of nitrogens with one attached hydrogen (secondary N) is 1. The Hall–Kier alpha value is -4.97. The number of tetrazole rings is 1. The van der Waals surface area contributed by atoms with Crippen LogP contribution in [0, 0.1) is 0 Å². The first-order valence-electron chi connectivity index (χ1n) is 12.2. The molecule has 4 aromatic rings. The van der Waals surface area contributed by atoms with Crippen molar-refractivity contribution in [2.75, 3.05) is 27.5 Å². The molecule has 0 aliphatic carbocycles. The lowest BCUT2D eigenvalue weighted by molar-refractivity contribution is 0.0955. The van der Waals surface area contributed by atoms with Gasteiger partial charge in [0.2, 0.25) is 12.5 Å². The van der Waals surface area contributed by atoms with Crippen molar-refractivity contribution in [2.24, 2.45) is 5.10 Å². The predicted octanol–water partition coefficient (Wildman–Crippen LogP) is 2.45. The molecule has 39 heavy (non-hydrogen) atoms. The second-order valence-corrected chi connectivity index (χ2v) is 9.10. The van der Waals surface area contributed by atoms with Crippen LogP contribution in [-0.2, 0) is 6.42 Å². The maximum absolute atomic E-state index is 12.6. The Morgan fingerprint density at radius 3 is 2.82 bits per heavy atom. The number of likely N-dealkylation sites (N-methyl/N-ethyl adjacent to an activating group) is 1. The van der Waals surface area contributed by atoms with E-state index in [-0.39, 0.29) is 18.6 Å². The molecule has 1 amide bonds. The molecule has 0 fully saturated rings. The molecule has 0 unspecified atom stereocenters. The molecule has 12 heteroatoms. The highest BCUT2D eigenvalue weighted by Gasteiger charge is 2.37. The molecular formula is C27H25N7O5. The molecule has 3 aromatic carbocycles. The zero-order valence-corrected chi connectivity index (χ0v) is 21.2. The largest absolute Gasteiger partial charge is 0.507 e. The topological polar surface area (TPSA) is 136 Å². The van der Waals surface area contributed by atoms with Gasteiger partial charge in [-0.25, -0.2) is 5.43 Å². The minimum Gasteiger partial charge on any atom is -0.507 e. The van der Waals surface area contributed by atoms with Crippen molar-refractivity contribution >= 4 is 12.1 Å². The van der Waals surface area contributed by atoms with Crippen molar-refractivity contribution in [3.8, 4) is 28.7 Å². The number of phenols is 1. The number of hydrogen-bond acceptors (Lipinski definition) is 10. The number of aromatic nitrogens is 4. The summed E-state index contributed by atoms with van der Waals surface area (Å²) in [5.41, 5.74) is 6.07. The summed E-state index contributed by atoms with van der Waals surface area (Å²) in [6, 6.07) is 15.3. The summed E-state index contributed by atoms with van der Waals surface area (Å²) in [6.45, 7) is 0.931. The quantitative estimate of drug-likeness (QED) is 0.286. The Kier molecular flexibility index (Phi) is 6.29. The molecule has 2 aliphatic rings. The molecule has 3 heterocycles. The van der Waals surface area contributed by atoms with Crippen LogP contribution in [0.2, 0.25) is 0 Å². The van der Waals surface area contributed by atoms with Gasteiger partial charge in [-0.3, -0.25) is 9.69 Å². The van der Waals surface area contributed by atoms with Crippen molar-refractivity contribution in [1.82, 2.24) is 30.5 Å². The molecule has 1 atom stereocenters. The van der Waals surface area contributed by atoms with Gasteiger partial charge in [0.05, 0.1) is 19.0 Å². The fourth-order valence-electron chi connectivity index (χ4n) is 4.88. The zero-order chi connectivity index (χ0) is 26.9. The van der Waals surface area contributed by atoms with Gasteiger partial charge in [-0.05, 0) is 71.9 Å². The molecule has 0 saturated heterocycles. The van der Waals surface area contributed by atoms with Crippen LogP contribution in [0.4, 0.5) is 0 Å². The van der Waals surface area contributed by atoms with Gasteiger partial charge in [0.15, 0.2) is 17.3 Å². The molecule has 2 N–H and O–H groups in total. The van der Waals surface area contributed by atoms with Crippen LogP contribution < -0.4 is 19.6 Å². The number of phenolic OH excluding ortho intramolecular Hbond substituents is 1.